The summed E-state index contributed by atoms with van der Waals surface area (Å²) >= 11 is 1.31. The number of nitrogens with zero attached hydrogens (tertiary/aromatic N) is 1. The van der Waals surface area contributed by atoms with Crippen molar-refractivity contribution in [3.05, 3.63) is 46.2 Å². The van der Waals surface area contributed by atoms with Crippen LogP contribution in [0.3, 0.4) is 0 Å². The second-order valence-corrected chi connectivity index (χ2v) is 7.34. The molecule has 1 fully saturated rings. The molecular formula is C19H21N3O3S. The van der Waals surface area contributed by atoms with Crippen LogP contribution >= 0.6 is 11.3 Å². The van der Waals surface area contributed by atoms with Crippen LogP contribution in [0, 0.1) is 0 Å². The van der Waals surface area contributed by atoms with Gasteiger partial charge >= 0.3 is 0 Å². The van der Waals surface area contributed by atoms with E-state index in [-0.39, 0.29) is 17.9 Å². The van der Waals surface area contributed by atoms with Gasteiger partial charge in [-0.15, -0.1) is 11.3 Å². The average molecular weight is 371 g/mol. The third kappa shape index (κ3) is 4.11. The Morgan fingerprint density at radius 3 is 2.54 bits per heavy atom. The molecule has 1 unspecified atom stereocenters. The van der Waals surface area contributed by atoms with E-state index in [1.54, 1.807) is 23.1 Å². The molecule has 3 rings (SSSR count). The zero-order valence-corrected chi connectivity index (χ0v) is 15.3. The molecule has 1 aliphatic rings. The molecule has 1 aromatic carbocycles. The zero-order valence-electron chi connectivity index (χ0n) is 14.5. The molecule has 0 saturated carbocycles. The molecule has 2 aromatic rings. The van der Waals surface area contributed by atoms with E-state index in [9.17, 15) is 14.4 Å². The molecule has 1 aliphatic heterocycles. The summed E-state index contributed by atoms with van der Waals surface area (Å²) in [5, 5.41) is 4.77. The van der Waals surface area contributed by atoms with Crippen molar-refractivity contribution in [2.24, 2.45) is 5.73 Å². The normalized spacial score (nSPS) is 17.0. The van der Waals surface area contributed by atoms with Crippen LogP contribution in [0.1, 0.15) is 39.8 Å². The first-order chi connectivity index (χ1) is 12.4. The fraction of sp³-hybridized carbons (Fsp3) is 0.316. The van der Waals surface area contributed by atoms with Crippen LogP contribution in [-0.4, -0.2) is 41.8 Å². The van der Waals surface area contributed by atoms with Gasteiger partial charge in [0.05, 0.1) is 4.88 Å². The van der Waals surface area contributed by atoms with E-state index in [1.807, 2.05) is 17.5 Å². The summed E-state index contributed by atoms with van der Waals surface area (Å²) in [6.07, 6.45) is 1.77. The summed E-state index contributed by atoms with van der Waals surface area (Å²) < 4.78 is 0. The SMILES string of the molecule is CC(=O)NC1CCCN(C(=O)c2ccc(-c3csc(C(N)=O)c3)cc2)C1. The van der Waals surface area contributed by atoms with Gasteiger partial charge in [-0.2, -0.15) is 0 Å². The molecule has 0 aliphatic carbocycles. The highest BCUT2D eigenvalue weighted by Crippen LogP contribution is 2.26. The monoisotopic (exact) mass is 371 g/mol. The number of thiophene rings is 1. The Balaban J connectivity index is 1.70. The molecule has 7 heteroatoms. The molecule has 0 spiro atoms. The van der Waals surface area contributed by atoms with Gasteiger partial charge in [0.1, 0.15) is 0 Å². The molecule has 0 bridgehead atoms. The standard InChI is InChI=1S/C19H21N3O3S/c1-12(23)21-16-3-2-8-22(10-16)19(25)14-6-4-13(5-7-14)15-9-17(18(20)24)26-11-15/h4-7,9,11,16H,2-3,8,10H2,1H3,(H2,20,24)(H,21,23). The number of nitrogens with two attached hydrogens (primary N) is 1. The lowest BCUT2D eigenvalue weighted by atomic mass is 10.0. The summed E-state index contributed by atoms with van der Waals surface area (Å²) in [7, 11) is 0. The summed E-state index contributed by atoms with van der Waals surface area (Å²) in [6, 6.07) is 9.10. The highest BCUT2D eigenvalue weighted by Gasteiger charge is 2.24. The van der Waals surface area contributed by atoms with Gasteiger partial charge in [0.15, 0.2) is 0 Å². The van der Waals surface area contributed by atoms with Crippen LogP contribution in [0.5, 0.6) is 0 Å². The number of amides is 3. The van der Waals surface area contributed by atoms with Gasteiger partial charge in [0.2, 0.25) is 5.91 Å². The number of piperidine rings is 1. The van der Waals surface area contributed by atoms with Crippen molar-refractivity contribution in [3.63, 3.8) is 0 Å². The van der Waals surface area contributed by atoms with Gasteiger partial charge < -0.3 is 16.0 Å². The van der Waals surface area contributed by atoms with Crippen molar-refractivity contribution in [3.8, 4) is 11.1 Å². The second-order valence-electron chi connectivity index (χ2n) is 6.43. The lowest BCUT2D eigenvalue weighted by Crippen LogP contribution is -2.49. The topological polar surface area (TPSA) is 92.5 Å². The Morgan fingerprint density at radius 2 is 1.92 bits per heavy atom. The Morgan fingerprint density at radius 1 is 1.19 bits per heavy atom. The zero-order chi connectivity index (χ0) is 18.7. The van der Waals surface area contributed by atoms with E-state index in [1.165, 1.54) is 18.3 Å². The predicted molar refractivity (Wildman–Crippen MR) is 101 cm³/mol. The van der Waals surface area contributed by atoms with Crippen LogP contribution < -0.4 is 11.1 Å². The number of carbonyl (C=O) groups excluding carboxylic acids is 3. The number of rotatable bonds is 4. The lowest BCUT2D eigenvalue weighted by Gasteiger charge is -2.33. The number of benzene rings is 1. The van der Waals surface area contributed by atoms with E-state index >= 15 is 0 Å². The van der Waals surface area contributed by atoms with Crippen molar-refractivity contribution < 1.29 is 14.4 Å². The molecule has 0 radical (unpaired) electrons. The van der Waals surface area contributed by atoms with Gasteiger partial charge in [-0.1, -0.05) is 12.1 Å². The first kappa shape index (κ1) is 18.1. The molecule has 136 valence electrons. The Bertz CT molecular complexity index is 829. The highest BCUT2D eigenvalue weighted by molar-refractivity contribution is 7.12. The van der Waals surface area contributed by atoms with Crippen molar-refractivity contribution in [1.82, 2.24) is 10.2 Å². The molecule has 3 amide bonds. The maximum absolute atomic E-state index is 12.7. The molecule has 1 saturated heterocycles. The summed E-state index contributed by atoms with van der Waals surface area (Å²) in [5.41, 5.74) is 7.74. The van der Waals surface area contributed by atoms with Gasteiger partial charge in [-0.05, 0) is 47.5 Å². The maximum Gasteiger partial charge on any atom is 0.258 e. The predicted octanol–water partition coefficient (Wildman–Crippen LogP) is 2.25. The minimum absolute atomic E-state index is 0.0162. The van der Waals surface area contributed by atoms with Crippen LogP contribution in [0.25, 0.3) is 11.1 Å². The average Bonchev–Trinajstić information content (AvgIpc) is 3.11. The number of nitrogens with one attached hydrogen (secondary N) is 1. The van der Waals surface area contributed by atoms with Gasteiger partial charge in [-0.3, -0.25) is 14.4 Å². The number of primary amides is 1. The Hall–Kier alpha value is -2.67. The van der Waals surface area contributed by atoms with Gasteiger partial charge in [0, 0.05) is 31.6 Å². The Labute approximate surface area is 156 Å². The van der Waals surface area contributed by atoms with E-state index in [2.05, 4.69) is 5.32 Å². The molecule has 6 nitrogen and oxygen atoms in total. The van der Waals surface area contributed by atoms with E-state index in [0.29, 0.717) is 23.5 Å². The third-order valence-corrected chi connectivity index (χ3v) is 5.37. The van der Waals surface area contributed by atoms with E-state index in [0.717, 1.165) is 24.0 Å². The number of hydrogen-bond acceptors (Lipinski definition) is 4. The smallest absolute Gasteiger partial charge is 0.258 e. The summed E-state index contributed by atoms with van der Waals surface area (Å²) in [5.74, 6) is -0.540. The van der Waals surface area contributed by atoms with Crippen LogP contribution in [0.2, 0.25) is 0 Å². The third-order valence-electron chi connectivity index (χ3n) is 4.42. The summed E-state index contributed by atoms with van der Waals surface area (Å²) in [6.45, 7) is 2.73. The van der Waals surface area contributed by atoms with Crippen LogP contribution in [-0.2, 0) is 4.79 Å². The van der Waals surface area contributed by atoms with Crippen molar-refractivity contribution in [1.29, 1.82) is 0 Å². The molecule has 2 heterocycles. The lowest BCUT2D eigenvalue weighted by molar-refractivity contribution is -0.120. The molecular weight excluding hydrogens is 350 g/mol. The number of carbonyl (C=O) groups is 3. The fourth-order valence-electron chi connectivity index (χ4n) is 3.17. The Kier molecular flexibility index (Phi) is 5.37. The minimum atomic E-state index is -0.438. The van der Waals surface area contributed by atoms with E-state index < -0.39 is 5.91 Å². The second kappa shape index (κ2) is 7.70. The first-order valence-corrected chi connectivity index (χ1v) is 9.37. The van der Waals surface area contributed by atoms with Crippen LogP contribution in [0.4, 0.5) is 0 Å². The first-order valence-electron chi connectivity index (χ1n) is 8.49. The van der Waals surface area contributed by atoms with Crippen molar-refractivity contribution in [2.45, 2.75) is 25.8 Å². The van der Waals surface area contributed by atoms with E-state index in [4.69, 9.17) is 5.73 Å². The molecule has 1 atom stereocenters. The molecule has 1 aromatic heterocycles. The number of likely N-dealkylation sites (tertiary alicyclic amines) is 1. The fourth-order valence-corrected chi connectivity index (χ4v) is 3.94. The largest absolute Gasteiger partial charge is 0.365 e. The highest BCUT2D eigenvalue weighted by atomic mass is 32.1. The summed E-state index contributed by atoms with van der Waals surface area (Å²) in [4.78, 5) is 37.5. The van der Waals surface area contributed by atoms with Crippen molar-refractivity contribution in [2.75, 3.05) is 13.1 Å². The van der Waals surface area contributed by atoms with Gasteiger partial charge in [0.25, 0.3) is 11.8 Å². The van der Waals surface area contributed by atoms with Crippen molar-refractivity contribution >= 4 is 29.1 Å². The van der Waals surface area contributed by atoms with Crippen LogP contribution in [0.15, 0.2) is 35.7 Å². The maximum atomic E-state index is 12.7. The minimum Gasteiger partial charge on any atom is -0.365 e. The molecule has 26 heavy (non-hydrogen) atoms. The van der Waals surface area contributed by atoms with Gasteiger partial charge in [-0.25, -0.2) is 0 Å². The quantitative estimate of drug-likeness (QED) is 0.863. The molecule has 3 N–H and O–H groups in total. The number of hydrogen-bond donors (Lipinski definition) is 2.